The fourth-order valence-corrected chi connectivity index (χ4v) is 5.74. The number of hydrogen-bond donors (Lipinski definition) is 2. The molecule has 0 spiro atoms. The number of aliphatic hydroxyl groups excluding tert-OH is 2. The summed E-state index contributed by atoms with van der Waals surface area (Å²) >= 11 is 0. The number of aliphatic hydroxyl groups is 2. The van der Waals surface area contributed by atoms with Crippen molar-refractivity contribution in [2.45, 2.75) is 61.4 Å². The Morgan fingerprint density at radius 1 is 0.545 bits per heavy atom. The maximum atomic E-state index is 11.5. The summed E-state index contributed by atoms with van der Waals surface area (Å²) in [5, 5.41) is 20.6. The third-order valence-corrected chi connectivity index (χ3v) is 7.42. The highest BCUT2D eigenvalue weighted by molar-refractivity contribution is 7.81. The molecule has 2 fully saturated rings. The Hall–Kier alpha value is -0.890. The van der Waals surface area contributed by atoms with Gasteiger partial charge in [-0.1, -0.05) is 0 Å². The van der Waals surface area contributed by atoms with Crippen molar-refractivity contribution in [1.29, 1.82) is 0 Å². The average Bonchev–Trinajstić information content (AvgIpc) is 2.80. The molecule has 0 amide bonds. The molecule has 26 nitrogen and oxygen atoms in total. The summed E-state index contributed by atoms with van der Waals surface area (Å²) in [4.78, 5) is 0. The molecule has 0 saturated carbocycles. The van der Waals surface area contributed by atoms with E-state index in [0.29, 0.717) is 7.11 Å². The SMILES string of the molecule is CO[C@@H]1O[C@H](COS(=O)(=O)[O-])[C@@H](O[C@H]2O[C@H](COS(=O)(=O)[O-])[C@H](O)[C@H](O)[C@H]2OS(=O)(=O)[O-])[C@H](OS(=O)(=O)[O-])[C@H]1OS(=O)(=O)[O-]. The molecule has 262 valence electrons. The van der Waals surface area contributed by atoms with Crippen LogP contribution in [0.3, 0.4) is 0 Å². The maximum Gasteiger partial charge on any atom is 0.218 e. The standard InChI is InChI=1S/C13H24O26S5/c1-31-12-11(39-44(28,29)30)10(38-43(25,26)27)8(5(35-12)3-33-41(19,20)21)36-13-9(37-42(22,23)24)7(15)6(14)4(34-13)2-32-40(16,17)18/h4-15H,2-3H2,1H3,(H,16,17,18)(H,19,20,21)(H,22,23,24)(H,25,26,27)(H,28,29,30)/p-5/t4-,5-,6+,7+,8-,9-,10+,11-,12-,13-/m1/s1. The van der Waals surface area contributed by atoms with Crippen molar-refractivity contribution in [3.8, 4) is 0 Å². The van der Waals surface area contributed by atoms with Gasteiger partial charge in [0.2, 0.25) is 52.0 Å². The monoisotopic (exact) mass is 751 g/mol. The fourth-order valence-electron chi connectivity index (χ4n) is 3.70. The van der Waals surface area contributed by atoms with Gasteiger partial charge in [0.25, 0.3) is 0 Å². The number of rotatable bonds is 15. The van der Waals surface area contributed by atoms with Crippen LogP contribution in [-0.2, 0) is 91.9 Å². The van der Waals surface area contributed by atoms with Gasteiger partial charge in [0.15, 0.2) is 24.8 Å². The van der Waals surface area contributed by atoms with E-state index in [-0.39, 0.29) is 0 Å². The minimum atomic E-state index is -6.05. The lowest BCUT2D eigenvalue weighted by Gasteiger charge is -2.48. The third-order valence-electron chi connectivity index (χ3n) is 5.20. The van der Waals surface area contributed by atoms with E-state index in [1.54, 1.807) is 0 Å². The number of hydrogen-bond acceptors (Lipinski definition) is 26. The molecule has 31 heteroatoms. The Kier molecular flexibility index (Phi) is 12.9. The van der Waals surface area contributed by atoms with Gasteiger partial charge >= 0.3 is 0 Å². The van der Waals surface area contributed by atoms with Gasteiger partial charge in [0, 0.05) is 7.11 Å². The predicted molar refractivity (Wildman–Crippen MR) is 116 cm³/mol. The van der Waals surface area contributed by atoms with Crippen LogP contribution in [0.2, 0.25) is 0 Å². The second-order valence-corrected chi connectivity index (χ2v) is 13.3. The molecule has 2 aliphatic rings. The molecule has 2 N–H and O–H groups in total. The smallest absolute Gasteiger partial charge is 0.218 e. The van der Waals surface area contributed by atoms with Crippen LogP contribution >= 0.6 is 0 Å². The van der Waals surface area contributed by atoms with Gasteiger partial charge in [-0.25, -0.2) is 42.1 Å². The highest BCUT2D eigenvalue weighted by Crippen LogP contribution is 2.34. The van der Waals surface area contributed by atoms with E-state index in [4.69, 9.17) is 14.2 Å². The van der Waals surface area contributed by atoms with Crippen molar-refractivity contribution in [2.24, 2.45) is 0 Å². The van der Waals surface area contributed by atoms with E-state index < -0.39 is 127 Å². The molecule has 10 atom stereocenters. The average molecular weight is 752 g/mol. The van der Waals surface area contributed by atoms with E-state index in [1.807, 2.05) is 0 Å². The number of ether oxygens (including phenoxy) is 4. The largest absolute Gasteiger partial charge is 0.726 e. The highest BCUT2D eigenvalue weighted by atomic mass is 32.3. The summed E-state index contributed by atoms with van der Waals surface area (Å²) in [7, 11) is -28.4. The van der Waals surface area contributed by atoms with E-state index in [1.165, 1.54) is 0 Å². The minimum absolute atomic E-state index is 0.685. The Balaban J connectivity index is 2.69. The molecule has 2 heterocycles. The molecule has 2 rings (SSSR count). The van der Waals surface area contributed by atoms with Crippen LogP contribution in [-0.4, -0.2) is 157 Å². The molecule has 2 saturated heterocycles. The van der Waals surface area contributed by atoms with Gasteiger partial charge in [-0.15, -0.1) is 0 Å². The zero-order valence-electron chi connectivity index (χ0n) is 20.9. The Bertz CT molecular complexity index is 1520. The van der Waals surface area contributed by atoms with Gasteiger partial charge in [0.05, 0.1) is 13.2 Å². The molecule has 0 aromatic carbocycles. The van der Waals surface area contributed by atoms with E-state index in [0.717, 1.165) is 0 Å². The quantitative estimate of drug-likeness (QED) is 0.116. The van der Waals surface area contributed by atoms with Crippen molar-refractivity contribution in [2.75, 3.05) is 20.3 Å². The van der Waals surface area contributed by atoms with Crippen molar-refractivity contribution < 1.29 is 115 Å². The predicted octanol–water partition coefficient (Wildman–Crippen LogP) is -7.32. The van der Waals surface area contributed by atoms with E-state index in [2.05, 4.69) is 25.7 Å². The Morgan fingerprint density at radius 3 is 1.39 bits per heavy atom. The summed E-state index contributed by atoms with van der Waals surface area (Å²) in [5.74, 6) is 0. The van der Waals surface area contributed by atoms with Crippen LogP contribution in [0.1, 0.15) is 0 Å². The second-order valence-electron chi connectivity index (χ2n) is 8.20. The molecule has 0 bridgehead atoms. The van der Waals surface area contributed by atoms with E-state index in [9.17, 15) is 75.1 Å². The van der Waals surface area contributed by atoms with Crippen LogP contribution in [0.4, 0.5) is 0 Å². The second kappa shape index (κ2) is 14.5. The lowest BCUT2D eigenvalue weighted by molar-refractivity contribution is -0.349. The molecule has 0 aliphatic carbocycles. The van der Waals surface area contributed by atoms with Crippen molar-refractivity contribution in [3.63, 3.8) is 0 Å². The zero-order chi connectivity index (χ0) is 34.1. The van der Waals surface area contributed by atoms with Crippen LogP contribution in [0.25, 0.3) is 0 Å². The molecule has 44 heavy (non-hydrogen) atoms. The Morgan fingerprint density at radius 2 is 0.955 bits per heavy atom. The van der Waals surface area contributed by atoms with Crippen molar-refractivity contribution >= 4 is 52.0 Å². The molecular formula is C13H19O26S5-5. The van der Waals surface area contributed by atoms with Crippen LogP contribution in [0.15, 0.2) is 0 Å². The summed E-state index contributed by atoms with van der Waals surface area (Å²) in [6.45, 7) is -3.06. The summed E-state index contributed by atoms with van der Waals surface area (Å²) in [6, 6.07) is 0. The van der Waals surface area contributed by atoms with Gasteiger partial charge in [-0.2, -0.15) is 0 Å². The first-order chi connectivity index (χ1) is 19.7. The van der Waals surface area contributed by atoms with Gasteiger partial charge < -0.3 is 51.9 Å². The highest BCUT2D eigenvalue weighted by Gasteiger charge is 2.55. The molecule has 0 radical (unpaired) electrons. The molecule has 2 aliphatic heterocycles. The lowest BCUT2D eigenvalue weighted by Crippen LogP contribution is -2.66. The minimum Gasteiger partial charge on any atom is -0.726 e. The van der Waals surface area contributed by atoms with Gasteiger partial charge in [-0.05, 0) is 0 Å². The van der Waals surface area contributed by atoms with Crippen LogP contribution in [0.5, 0.6) is 0 Å². The number of methoxy groups -OCH3 is 1. The fraction of sp³-hybridized carbons (Fsp3) is 1.00. The van der Waals surface area contributed by atoms with Crippen LogP contribution in [0, 0.1) is 0 Å². The first-order valence-electron chi connectivity index (χ1n) is 10.7. The molecule has 0 unspecified atom stereocenters. The van der Waals surface area contributed by atoms with Gasteiger partial charge in [-0.3, -0.25) is 20.9 Å². The Labute approximate surface area is 248 Å². The maximum absolute atomic E-state index is 11.5. The normalized spacial score (nSPS) is 34.5. The lowest BCUT2D eigenvalue weighted by atomic mass is 9.97. The topological polar surface area (TPSA) is 410 Å². The molecule has 0 aromatic rings. The zero-order valence-corrected chi connectivity index (χ0v) is 25.0. The first-order valence-corrected chi connectivity index (χ1v) is 17.3. The molecular weight excluding hydrogens is 732 g/mol. The summed E-state index contributed by atoms with van der Waals surface area (Å²) in [6.07, 6.45) is -25.8. The molecule has 0 aromatic heterocycles. The third kappa shape index (κ3) is 12.7. The van der Waals surface area contributed by atoms with Gasteiger partial charge in [0.1, 0.15) is 36.6 Å². The van der Waals surface area contributed by atoms with Crippen molar-refractivity contribution in [3.05, 3.63) is 0 Å². The first kappa shape index (κ1) is 39.3. The summed E-state index contributed by atoms with van der Waals surface area (Å²) < 4.78 is 208. The summed E-state index contributed by atoms with van der Waals surface area (Å²) in [5.41, 5.74) is 0. The van der Waals surface area contributed by atoms with Crippen molar-refractivity contribution in [1.82, 2.24) is 0 Å². The van der Waals surface area contributed by atoms with Crippen LogP contribution < -0.4 is 0 Å². The van der Waals surface area contributed by atoms with E-state index >= 15 is 0 Å².